The number of hydrogen-bond acceptors (Lipinski definition) is 5. The molecule has 0 spiro atoms. The zero-order valence-electron chi connectivity index (χ0n) is 13.0. The summed E-state index contributed by atoms with van der Waals surface area (Å²) < 4.78 is 0. The van der Waals surface area contributed by atoms with Gasteiger partial charge in [0.1, 0.15) is 6.54 Å². The molecule has 0 aliphatic carbocycles. The quantitative estimate of drug-likeness (QED) is 0.580. The maximum absolute atomic E-state index is 12.2. The lowest BCUT2D eigenvalue weighted by Gasteiger charge is -2.11. The van der Waals surface area contributed by atoms with E-state index in [9.17, 15) is 14.4 Å². The highest BCUT2D eigenvalue weighted by Crippen LogP contribution is 2.30. The molecule has 0 radical (unpaired) electrons. The van der Waals surface area contributed by atoms with Crippen molar-refractivity contribution in [2.45, 2.75) is 6.42 Å². The predicted octanol–water partition coefficient (Wildman–Crippen LogP) is 1.78. The van der Waals surface area contributed by atoms with Crippen LogP contribution in [0.3, 0.4) is 0 Å². The zero-order valence-corrected chi connectivity index (χ0v) is 13.8. The number of aliphatic hydroxyl groups is 1. The monoisotopic (exact) mass is 346 g/mol. The van der Waals surface area contributed by atoms with E-state index in [-0.39, 0.29) is 18.1 Å². The lowest BCUT2D eigenvalue weighted by atomic mass is 10.2. The summed E-state index contributed by atoms with van der Waals surface area (Å²) in [7, 11) is 0. The van der Waals surface area contributed by atoms with E-state index in [0.29, 0.717) is 13.0 Å². The first-order valence-corrected chi connectivity index (χ1v) is 8.28. The van der Waals surface area contributed by atoms with Crippen molar-refractivity contribution in [3.8, 4) is 0 Å². The number of nitrogens with zero attached hydrogens (tertiary/aromatic N) is 1. The number of imide groups is 1. The van der Waals surface area contributed by atoms with Crippen molar-refractivity contribution in [1.82, 2.24) is 10.2 Å². The minimum absolute atomic E-state index is 0.0294. The van der Waals surface area contributed by atoms with Gasteiger partial charge in [-0.3, -0.25) is 19.3 Å². The summed E-state index contributed by atoms with van der Waals surface area (Å²) in [6, 6.07) is 9.57. The normalized spacial score (nSPS) is 16.4. The van der Waals surface area contributed by atoms with Gasteiger partial charge in [0.05, 0.1) is 4.91 Å². The number of amides is 3. The Balaban J connectivity index is 1.94. The summed E-state index contributed by atoms with van der Waals surface area (Å²) in [5, 5.41) is 10.7. The molecule has 2 rings (SSSR count). The number of carbonyl (C=O) groups excluding carboxylic acids is 3. The van der Waals surface area contributed by atoms with Crippen molar-refractivity contribution >= 4 is 34.9 Å². The third kappa shape index (κ3) is 5.07. The maximum Gasteiger partial charge on any atom is 0.294 e. The van der Waals surface area contributed by atoms with Gasteiger partial charge in [-0.2, -0.15) is 0 Å². The number of allylic oxidation sites excluding steroid dienone is 2. The Labute approximate surface area is 144 Å². The minimum atomic E-state index is -0.472. The van der Waals surface area contributed by atoms with Gasteiger partial charge in [-0.25, -0.2) is 0 Å². The number of rotatable bonds is 7. The van der Waals surface area contributed by atoms with Crippen LogP contribution < -0.4 is 5.32 Å². The van der Waals surface area contributed by atoms with Crippen molar-refractivity contribution in [3.05, 3.63) is 53.0 Å². The predicted molar refractivity (Wildman–Crippen MR) is 93.0 cm³/mol. The summed E-state index contributed by atoms with van der Waals surface area (Å²) >= 11 is 0.815. The van der Waals surface area contributed by atoms with Crippen LogP contribution in [-0.2, 0) is 9.59 Å². The highest BCUT2D eigenvalue weighted by molar-refractivity contribution is 8.18. The fraction of sp³-hybridized carbons (Fsp3) is 0.235. The SMILES string of the molecule is O=C(CN1C(=O)S/C(=C\C=C\c2ccccc2)C1=O)NCCCO. The molecule has 0 atom stereocenters. The van der Waals surface area contributed by atoms with Gasteiger partial charge in [0.15, 0.2) is 0 Å². The van der Waals surface area contributed by atoms with Gasteiger partial charge in [0, 0.05) is 13.2 Å². The average Bonchev–Trinajstić information content (AvgIpc) is 2.84. The number of aliphatic hydroxyl groups excluding tert-OH is 1. The van der Waals surface area contributed by atoms with Gasteiger partial charge >= 0.3 is 0 Å². The topological polar surface area (TPSA) is 86.7 Å². The Morgan fingerprint density at radius 2 is 2.00 bits per heavy atom. The van der Waals surface area contributed by atoms with Crippen LogP contribution >= 0.6 is 11.8 Å². The van der Waals surface area contributed by atoms with Crippen LogP contribution in [0, 0.1) is 0 Å². The first-order valence-electron chi connectivity index (χ1n) is 7.46. The van der Waals surface area contributed by atoms with Gasteiger partial charge in [-0.05, 0) is 29.8 Å². The first-order chi connectivity index (χ1) is 11.6. The summed E-state index contributed by atoms with van der Waals surface area (Å²) in [6.07, 6.45) is 5.53. The molecule has 1 saturated heterocycles. The number of benzene rings is 1. The molecule has 0 saturated carbocycles. The number of nitrogens with one attached hydrogen (secondary N) is 1. The molecule has 0 aromatic heterocycles. The van der Waals surface area contributed by atoms with Gasteiger partial charge in [0.2, 0.25) is 5.91 Å². The van der Waals surface area contributed by atoms with E-state index in [0.717, 1.165) is 22.2 Å². The smallest absolute Gasteiger partial charge is 0.294 e. The summed E-state index contributed by atoms with van der Waals surface area (Å²) in [5.74, 6) is -0.896. The molecular weight excluding hydrogens is 328 g/mol. The van der Waals surface area contributed by atoms with Gasteiger partial charge in [-0.1, -0.05) is 42.5 Å². The Morgan fingerprint density at radius 1 is 1.25 bits per heavy atom. The molecule has 3 amide bonds. The van der Waals surface area contributed by atoms with E-state index < -0.39 is 17.1 Å². The van der Waals surface area contributed by atoms with Crippen LogP contribution in [0.2, 0.25) is 0 Å². The van der Waals surface area contributed by atoms with Gasteiger partial charge in [0.25, 0.3) is 11.1 Å². The van der Waals surface area contributed by atoms with Crippen molar-refractivity contribution in [1.29, 1.82) is 0 Å². The molecule has 24 heavy (non-hydrogen) atoms. The Morgan fingerprint density at radius 3 is 2.71 bits per heavy atom. The first kappa shape index (κ1) is 18.0. The fourth-order valence-corrected chi connectivity index (χ4v) is 2.76. The van der Waals surface area contributed by atoms with Crippen LogP contribution in [0.4, 0.5) is 4.79 Å². The molecule has 1 aromatic rings. The molecule has 0 unspecified atom stereocenters. The molecule has 1 fully saturated rings. The zero-order chi connectivity index (χ0) is 17.4. The van der Waals surface area contributed by atoms with E-state index in [2.05, 4.69) is 5.32 Å². The summed E-state index contributed by atoms with van der Waals surface area (Å²) in [6.45, 7) is -0.0324. The number of carbonyl (C=O) groups is 3. The average molecular weight is 346 g/mol. The second-order valence-corrected chi connectivity index (χ2v) is 5.98. The summed E-state index contributed by atoms with van der Waals surface area (Å²) in [5.41, 5.74) is 0.983. The van der Waals surface area contributed by atoms with Crippen LogP contribution in [0.5, 0.6) is 0 Å². The largest absolute Gasteiger partial charge is 0.396 e. The molecule has 7 heteroatoms. The second kappa shape index (κ2) is 9.05. The molecule has 1 aromatic carbocycles. The van der Waals surface area contributed by atoms with Crippen LogP contribution in [0.1, 0.15) is 12.0 Å². The Bertz CT molecular complexity index is 670. The molecule has 1 heterocycles. The molecule has 126 valence electrons. The highest BCUT2D eigenvalue weighted by Gasteiger charge is 2.35. The van der Waals surface area contributed by atoms with E-state index in [1.54, 1.807) is 12.2 Å². The molecular formula is C17H18N2O4S. The van der Waals surface area contributed by atoms with Gasteiger partial charge < -0.3 is 10.4 Å². The third-order valence-corrected chi connectivity index (χ3v) is 4.09. The number of thioether (sulfide) groups is 1. The van der Waals surface area contributed by atoms with E-state index >= 15 is 0 Å². The molecule has 1 aliphatic heterocycles. The molecule has 0 bridgehead atoms. The van der Waals surface area contributed by atoms with Crippen LogP contribution in [0.25, 0.3) is 6.08 Å². The van der Waals surface area contributed by atoms with Gasteiger partial charge in [-0.15, -0.1) is 0 Å². The third-order valence-electron chi connectivity index (χ3n) is 3.17. The second-order valence-electron chi connectivity index (χ2n) is 4.99. The standard InChI is InChI=1S/C17H18N2O4S/c20-11-5-10-18-15(21)12-19-16(22)14(24-17(19)23)9-4-8-13-6-2-1-3-7-13/h1-4,6-9,20H,5,10-12H2,(H,18,21)/b8-4+,14-9-. The van der Waals surface area contributed by atoms with E-state index in [1.165, 1.54) is 0 Å². The fourth-order valence-electron chi connectivity index (χ4n) is 1.97. The maximum atomic E-state index is 12.2. The van der Waals surface area contributed by atoms with Crippen molar-refractivity contribution in [2.75, 3.05) is 19.7 Å². The van der Waals surface area contributed by atoms with E-state index in [4.69, 9.17) is 5.11 Å². The van der Waals surface area contributed by atoms with Crippen LogP contribution in [0.15, 0.2) is 47.4 Å². The minimum Gasteiger partial charge on any atom is -0.396 e. The Hall–Kier alpha value is -2.38. The van der Waals surface area contributed by atoms with E-state index in [1.807, 2.05) is 36.4 Å². The highest BCUT2D eigenvalue weighted by atomic mass is 32.2. The summed E-state index contributed by atoms with van der Waals surface area (Å²) in [4.78, 5) is 37.0. The molecule has 6 nitrogen and oxygen atoms in total. The number of hydrogen-bond donors (Lipinski definition) is 2. The van der Waals surface area contributed by atoms with Crippen LogP contribution in [-0.4, -0.2) is 46.8 Å². The lowest BCUT2D eigenvalue weighted by Crippen LogP contribution is -2.39. The van der Waals surface area contributed by atoms with Crippen molar-refractivity contribution in [3.63, 3.8) is 0 Å². The molecule has 1 aliphatic rings. The lowest BCUT2D eigenvalue weighted by molar-refractivity contribution is -0.129. The Kier molecular flexibility index (Phi) is 6.77. The van der Waals surface area contributed by atoms with Crippen molar-refractivity contribution in [2.24, 2.45) is 0 Å². The van der Waals surface area contributed by atoms with Crippen molar-refractivity contribution < 1.29 is 19.5 Å². The molecule has 2 N–H and O–H groups in total.